The summed E-state index contributed by atoms with van der Waals surface area (Å²) in [7, 11) is -9.79. The molecule has 0 aromatic carbocycles. The average molecular weight is 1460 g/mol. The molecule has 0 aromatic rings. The molecular weight excluding hydrogens is 1310 g/mol. The number of hydrogen-bond donors (Lipinski definition) is 4. The van der Waals surface area contributed by atoms with Gasteiger partial charge in [0.1, 0.15) is 25.4 Å². The fourth-order valence-electron chi connectivity index (χ4n) is 10.6. The molecule has 18 heteroatoms. The number of esters is 3. The van der Waals surface area contributed by atoms with Crippen molar-refractivity contribution in [2.24, 2.45) is 0 Å². The first kappa shape index (κ1) is 97.0. The molecule has 0 saturated carbocycles. The predicted octanol–water partition coefficient (Wildman–Crippen LogP) is 23.3. The summed E-state index contributed by atoms with van der Waals surface area (Å²) in [6, 6.07) is 0. The number of allylic oxidation sites excluding steroid dienone is 20. The van der Waals surface area contributed by atoms with Crippen molar-refractivity contribution in [3.8, 4) is 0 Å². The number of phosphoric acid groups is 2. The lowest BCUT2D eigenvalue weighted by atomic mass is 10.0. The molecule has 0 aliphatic carbocycles. The highest BCUT2D eigenvalue weighted by Gasteiger charge is 2.29. The summed E-state index contributed by atoms with van der Waals surface area (Å²) in [5, 5.41) is 20.6. The van der Waals surface area contributed by atoms with Gasteiger partial charge in [-0.15, -0.1) is 0 Å². The Kier molecular flexibility index (Phi) is 72.6. The molecule has 0 heterocycles. The molecule has 582 valence electrons. The van der Waals surface area contributed by atoms with Gasteiger partial charge in [0.2, 0.25) is 0 Å². The van der Waals surface area contributed by atoms with Crippen LogP contribution in [0, 0.1) is 0 Å². The Labute approximate surface area is 614 Å². The van der Waals surface area contributed by atoms with Crippen LogP contribution in [0.1, 0.15) is 329 Å². The highest BCUT2D eigenvalue weighted by Crippen LogP contribution is 2.45. The van der Waals surface area contributed by atoms with E-state index in [1.807, 2.05) is 0 Å². The van der Waals surface area contributed by atoms with Gasteiger partial charge in [0.15, 0.2) is 6.10 Å². The highest BCUT2D eigenvalue weighted by molar-refractivity contribution is 7.47. The lowest BCUT2D eigenvalue weighted by molar-refractivity contribution is -0.161. The maximum Gasteiger partial charge on any atom is 0.472 e. The van der Waals surface area contributed by atoms with Crippen molar-refractivity contribution in [2.75, 3.05) is 39.6 Å². The van der Waals surface area contributed by atoms with Gasteiger partial charge in [0.25, 0.3) is 0 Å². The highest BCUT2D eigenvalue weighted by atomic mass is 31.2. The lowest BCUT2D eigenvalue weighted by Crippen LogP contribution is -2.30. The summed E-state index contributed by atoms with van der Waals surface area (Å²) in [5.41, 5.74) is 0. The van der Waals surface area contributed by atoms with Crippen LogP contribution in [-0.4, -0.2) is 95.9 Å². The van der Waals surface area contributed by atoms with Crippen LogP contribution in [0.15, 0.2) is 122 Å². The zero-order valence-corrected chi connectivity index (χ0v) is 65.3. The molecule has 0 amide bonds. The first-order valence-corrected chi connectivity index (χ1v) is 42.8. The zero-order valence-electron chi connectivity index (χ0n) is 63.5. The normalized spacial score (nSPS) is 14.6. The number of rotatable bonds is 75. The molecule has 0 saturated heterocycles. The largest absolute Gasteiger partial charge is 0.472 e. The number of aliphatic hydroxyl groups is 2. The van der Waals surface area contributed by atoms with Gasteiger partial charge >= 0.3 is 33.6 Å². The van der Waals surface area contributed by atoms with Gasteiger partial charge in [-0.2, -0.15) is 0 Å². The monoisotopic (exact) mass is 1460 g/mol. The quantitative estimate of drug-likeness (QED) is 0.0146. The van der Waals surface area contributed by atoms with Gasteiger partial charge < -0.3 is 34.2 Å². The maximum absolute atomic E-state index is 12.9. The number of hydrogen-bond acceptors (Lipinski definition) is 14. The van der Waals surface area contributed by atoms with E-state index in [-0.39, 0.29) is 19.3 Å². The zero-order chi connectivity index (χ0) is 73.7. The summed E-state index contributed by atoms with van der Waals surface area (Å²) in [6.07, 6.45) is 89.8. The smallest absolute Gasteiger partial charge is 0.463 e. The fraction of sp³-hybridized carbons (Fsp3) is 0.723. The standard InChI is InChI=1S/C83H144O16P2/c1-4-7-10-13-16-19-22-25-27-29-31-32-33-34-35-36-37-38-39-40-41-42-43-44-46-48-49-52-54-57-60-63-66-69-81(86)93-72-78(84)73-95-100(89,90)96-74-79(85)75-97-101(91,92)98-77-80(99-83(88)71-68-65-62-59-56-51-24-21-18-15-12-9-6-3)76-94-82(87)70-67-64-61-58-55-53-50-47-45-30-28-26-23-20-17-14-11-8-5-2/h8,11-12,15-17,19-21,24-28,31-32,34-35,45,47,78-80,84-85H,4-7,9-10,13-14,18,22-23,29-30,33,36-44,46,48-77H2,1-3H3,(H,89,90)(H,91,92)/b11-8-,15-12-,19-16-,20-17-,24-21-,27-25-,28-26-,32-31-,35-34-,47-45-. The third-order valence-electron chi connectivity index (χ3n) is 16.6. The summed E-state index contributed by atoms with van der Waals surface area (Å²) in [4.78, 5) is 58.6. The Morgan fingerprint density at radius 2 is 0.545 bits per heavy atom. The van der Waals surface area contributed by atoms with Gasteiger partial charge in [-0.1, -0.05) is 303 Å². The van der Waals surface area contributed by atoms with Crippen LogP contribution in [0.5, 0.6) is 0 Å². The number of carbonyl (C=O) groups excluding carboxylic acids is 3. The van der Waals surface area contributed by atoms with Crippen LogP contribution >= 0.6 is 15.6 Å². The van der Waals surface area contributed by atoms with E-state index in [1.54, 1.807) is 0 Å². The number of unbranched alkanes of at least 4 members (excludes halogenated alkanes) is 32. The van der Waals surface area contributed by atoms with E-state index >= 15 is 0 Å². The third kappa shape index (κ3) is 76.9. The number of ether oxygens (including phenoxy) is 3. The average Bonchev–Trinajstić information content (AvgIpc) is 0.964. The third-order valence-corrected chi connectivity index (χ3v) is 18.5. The summed E-state index contributed by atoms with van der Waals surface area (Å²) < 4.78 is 61.1. The molecule has 0 aromatic heterocycles. The van der Waals surface area contributed by atoms with Gasteiger partial charge in [-0.25, -0.2) is 9.13 Å². The molecule has 0 aliphatic heterocycles. The predicted molar refractivity (Wildman–Crippen MR) is 417 cm³/mol. The van der Waals surface area contributed by atoms with Crippen LogP contribution in [0.25, 0.3) is 0 Å². The van der Waals surface area contributed by atoms with Gasteiger partial charge in [-0.05, 0) is 128 Å². The van der Waals surface area contributed by atoms with Crippen molar-refractivity contribution in [1.82, 2.24) is 0 Å². The first-order chi connectivity index (χ1) is 49.2. The SMILES string of the molecule is CC/C=C\C/C=C\C/C=C\C/C=C\CCCCCCCCC(=O)OCC(COP(=O)(O)OCC(O)COP(=O)(O)OCC(O)COC(=O)CCCCCCCCCCCCCCCCCCC/C=C\C/C=C\C/C=C\C/C=C\CCCCC)OC(=O)CCCCCCC/C=C\C/C=C\CCC. The molecule has 0 radical (unpaired) electrons. The summed E-state index contributed by atoms with van der Waals surface area (Å²) in [5.74, 6) is -1.60. The molecule has 5 atom stereocenters. The minimum absolute atomic E-state index is 0.0832. The topological polar surface area (TPSA) is 231 Å². The molecule has 0 rings (SSSR count). The first-order valence-electron chi connectivity index (χ1n) is 39.8. The van der Waals surface area contributed by atoms with Crippen LogP contribution in [0.2, 0.25) is 0 Å². The molecule has 0 aliphatic rings. The number of aliphatic hydroxyl groups excluding tert-OH is 2. The Morgan fingerprint density at radius 1 is 0.287 bits per heavy atom. The van der Waals surface area contributed by atoms with E-state index < -0.39 is 91.5 Å². The van der Waals surface area contributed by atoms with Crippen LogP contribution in [0.3, 0.4) is 0 Å². The van der Waals surface area contributed by atoms with Crippen molar-refractivity contribution >= 4 is 33.6 Å². The second kappa shape index (κ2) is 75.6. The molecular formula is C83H144O16P2. The van der Waals surface area contributed by atoms with E-state index in [4.69, 9.17) is 32.3 Å². The van der Waals surface area contributed by atoms with Crippen molar-refractivity contribution < 1.29 is 75.8 Å². The molecule has 0 bridgehead atoms. The Balaban J connectivity index is 4.40. The van der Waals surface area contributed by atoms with E-state index in [0.717, 1.165) is 154 Å². The number of phosphoric ester groups is 2. The second-order valence-electron chi connectivity index (χ2n) is 26.5. The van der Waals surface area contributed by atoms with Crippen LogP contribution < -0.4 is 0 Å². The molecule has 5 unspecified atom stereocenters. The van der Waals surface area contributed by atoms with E-state index in [0.29, 0.717) is 19.3 Å². The molecule has 0 spiro atoms. The lowest BCUT2D eigenvalue weighted by Gasteiger charge is -2.21. The minimum Gasteiger partial charge on any atom is -0.463 e. The van der Waals surface area contributed by atoms with Crippen molar-refractivity contribution in [3.63, 3.8) is 0 Å². The summed E-state index contributed by atoms with van der Waals surface area (Å²) in [6.45, 7) is 2.45. The molecule has 16 nitrogen and oxygen atoms in total. The van der Waals surface area contributed by atoms with Crippen LogP contribution in [-0.2, 0) is 55.8 Å². The maximum atomic E-state index is 12.9. The Hall–Kier alpha value is -4.05. The van der Waals surface area contributed by atoms with Gasteiger partial charge in [0, 0.05) is 19.3 Å². The van der Waals surface area contributed by atoms with E-state index in [9.17, 15) is 43.5 Å². The van der Waals surface area contributed by atoms with Crippen molar-refractivity contribution in [1.29, 1.82) is 0 Å². The van der Waals surface area contributed by atoms with Crippen molar-refractivity contribution in [3.05, 3.63) is 122 Å². The Morgan fingerprint density at radius 3 is 0.871 bits per heavy atom. The molecule has 4 N–H and O–H groups in total. The van der Waals surface area contributed by atoms with E-state index in [2.05, 4.69) is 142 Å². The summed E-state index contributed by atoms with van der Waals surface area (Å²) >= 11 is 0. The fourth-order valence-corrected chi connectivity index (χ4v) is 12.2. The van der Waals surface area contributed by atoms with Gasteiger partial charge in [0.05, 0.1) is 26.4 Å². The van der Waals surface area contributed by atoms with E-state index in [1.165, 1.54) is 116 Å². The molecule has 101 heavy (non-hydrogen) atoms. The Bertz CT molecular complexity index is 2320. The number of carbonyl (C=O) groups is 3. The van der Waals surface area contributed by atoms with Crippen LogP contribution in [0.4, 0.5) is 0 Å². The molecule has 0 fully saturated rings. The van der Waals surface area contributed by atoms with Crippen molar-refractivity contribution in [2.45, 2.75) is 347 Å². The minimum atomic E-state index is -4.93. The second-order valence-corrected chi connectivity index (χ2v) is 29.4. The van der Waals surface area contributed by atoms with Gasteiger partial charge in [-0.3, -0.25) is 32.5 Å².